The van der Waals surface area contributed by atoms with Crippen molar-refractivity contribution in [3.63, 3.8) is 0 Å². The van der Waals surface area contributed by atoms with Crippen molar-refractivity contribution in [1.82, 2.24) is 5.32 Å². The van der Waals surface area contributed by atoms with Crippen LogP contribution in [0.2, 0.25) is 5.02 Å². The number of carbonyl (C=O) groups is 1. The third-order valence-electron chi connectivity index (χ3n) is 2.69. The Bertz CT molecular complexity index is 695. The highest BCUT2D eigenvalue weighted by Crippen LogP contribution is 2.16. The van der Waals surface area contributed by atoms with Gasteiger partial charge in [-0.1, -0.05) is 23.7 Å². The number of nitrogens with one attached hydrogen (secondary N) is 1. The van der Waals surface area contributed by atoms with Gasteiger partial charge in [0.2, 0.25) is 0 Å². The highest BCUT2D eigenvalue weighted by Gasteiger charge is 2.07. The van der Waals surface area contributed by atoms with Crippen molar-refractivity contribution in [2.24, 2.45) is 0 Å². The molecule has 0 atom stereocenters. The molecule has 5 heteroatoms. The van der Waals surface area contributed by atoms with Gasteiger partial charge in [-0.3, -0.25) is 4.79 Å². The van der Waals surface area contributed by atoms with Gasteiger partial charge < -0.3 is 5.32 Å². The first-order valence-corrected chi connectivity index (χ1v) is 6.20. The molecule has 0 aliphatic rings. The van der Waals surface area contributed by atoms with Gasteiger partial charge in [0.15, 0.2) is 0 Å². The summed E-state index contributed by atoms with van der Waals surface area (Å²) in [5, 5.41) is 11.5. The molecule has 0 unspecified atom stereocenters. The summed E-state index contributed by atoms with van der Waals surface area (Å²) >= 11 is 5.66. The van der Waals surface area contributed by atoms with Crippen LogP contribution in [0.3, 0.4) is 0 Å². The number of nitrogens with zero attached hydrogens (tertiary/aromatic N) is 1. The Morgan fingerprint density at radius 1 is 1.30 bits per heavy atom. The number of nitriles is 1. The minimum atomic E-state index is -0.497. The van der Waals surface area contributed by atoms with Crippen LogP contribution in [-0.4, -0.2) is 5.91 Å². The Morgan fingerprint density at radius 2 is 2.10 bits per heavy atom. The van der Waals surface area contributed by atoms with Crippen LogP contribution in [0.1, 0.15) is 21.5 Å². The number of carbonyl (C=O) groups excluding carboxylic acids is 1. The van der Waals surface area contributed by atoms with Gasteiger partial charge in [0.1, 0.15) is 5.82 Å². The molecule has 0 heterocycles. The molecule has 0 bridgehead atoms. The molecule has 0 spiro atoms. The standard InChI is InChI=1S/C15H10ClFN2O/c16-13-7-11(4-5-14(13)17)9-19-15(20)12-3-1-2-10(6-12)8-18/h1-7H,9H2,(H,19,20). The number of rotatable bonds is 3. The summed E-state index contributed by atoms with van der Waals surface area (Å²) in [7, 11) is 0. The molecule has 2 rings (SSSR count). The second-order valence-electron chi connectivity index (χ2n) is 4.12. The number of hydrogen-bond donors (Lipinski definition) is 1. The van der Waals surface area contributed by atoms with E-state index in [9.17, 15) is 9.18 Å². The molecular weight excluding hydrogens is 279 g/mol. The van der Waals surface area contributed by atoms with E-state index < -0.39 is 5.82 Å². The maximum atomic E-state index is 13.0. The van der Waals surface area contributed by atoms with Crippen molar-refractivity contribution in [3.8, 4) is 6.07 Å². The molecule has 2 aromatic carbocycles. The fourth-order valence-corrected chi connectivity index (χ4v) is 1.87. The molecule has 0 fully saturated rings. The smallest absolute Gasteiger partial charge is 0.251 e. The molecule has 20 heavy (non-hydrogen) atoms. The summed E-state index contributed by atoms with van der Waals surface area (Å²) in [6, 6.07) is 12.6. The van der Waals surface area contributed by atoms with Crippen molar-refractivity contribution in [3.05, 3.63) is 70.0 Å². The molecule has 2 aromatic rings. The van der Waals surface area contributed by atoms with E-state index in [0.29, 0.717) is 16.7 Å². The molecular formula is C15H10ClFN2O. The fourth-order valence-electron chi connectivity index (χ4n) is 1.66. The van der Waals surface area contributed by atoms with Crippen LogP contribution in [0.4, 0.5) is 4.39 Å². The van der Waals surface area contributed by atoms with Crippen LogP contribution in [0.25, 0.3) is 0 Å². The third kappa shape index (κ3) is 3.34. The molecule has 3 nitrogen and oxygen atoms in total. The number of amides is 1. The Balaban J connectivity index is 2.04. The predicted octanol–water partition coefficient (Wildman–Crippen LogP) is 3.28. The molecule has 0 aromatic heterocycles. The van der Waals surface area contributed by atoms with E-state index in [1.807, 2.05) is 6.07 Å². The normalized spacial score (nSPS) is 9.85. The first-order chi connectivity index (χ1) is 9.60. The van der Waals surface area contributed by atoms with Gasteiger partial charge in [-0.15, -0.1) is 0 Å². The Labute approximate surface area is 120 Å². The minimum Gasteiger partial charge on any atom is -0.348 e. The van der Waals surface area contributed by atoms with E-state index in [2.05, 4.69) is 5.32 Å². The van der Waals surface area contributed by atoms with E-state index >= 15 is 0 Å². The molecule has 1 N–H and O–H groups in total. The van der Waals surface area contributed by atoms with Crippen LogP contribution < -0.4 is 5.32 Å². The summed E-state index contributed by atoms with van der Waals surface area (Å²) in [5.41, 5.74) is 1.51. The van der Waals surface area contributed by atoms with Crippen LogP contribution in [0.15, 0.2) is 42.5 Å². The first-order valence-electron chi connectivity index (χ1n) is 5.82. The van der Waals surface area contributed by atoms with Crippen LogP contribution >= 0.6 is 11.6 Å². The second-order valence-corrected chi connectivity index (χ2v) is 4.53. The van der Waals surface area contributed by atoms with Gasteiger partial charge in [0.05, 0.1) is 16.7 Å². The Hall–Kier alpha value is -2.38. The van der Waals surface area contributed by atoms with Crippen molar-refractivity contribution in [2.45, 2.75) is 6.54 Å². The summed E-state index contributed by atoms with van der Waals surface area (Å²) < 4.78 is 13.0. The zero-order valence-electron chi connectivity index (χ0n) is 10.4. The fraction of sp³-hybridized carbons (Fsp3) is 0.0667. The van der Waals surface area contributed by atoms with E-state index in [1.54, 1.807) is 24.3 Å². The van der Waals surface area contributed by atoms with Gasteiger partial charge in [-0.25, -0.2) is 4.39 Å². The molecule has 0 aliphatic heterocycles. The summed E-state index contributed by atoms with van der Waals surface area (Å²) in [6.45, 7) is 0.232. The van der Waals surface area contributed by atoms with Gasteiger partial charge in [0, 0.05) is 12.1 Å². The maximum Gasteiger partial charge on any atom is 0.251 e. The van der Waals surface area contributed by atoms with Crippen LogP contribution in [-0.2, 0) is 6.54 Å². The molecule has 0 saturated heterocycles. The van der Waals surface area contributed by atoms with E-state index in [0.717, 1.165) is 0 Å². The zero-order valence-corrected chi connectivity index (χ0v) is 11.1. The van der Waals surface area contributed by atoms with Crippen molar-refractivity contribution in [1.29, 1.82) is 5.26 Å². The van der Waals surface area contributed by atoms with Gasteiger partial charge in [0.25, 0.3) is 5.91 Å². The third-order valence-corrected chi connectivity index (χ3v) is 2.98. The topological polar surface area (TPSA) is 52.9 Å². The molecule has 0 aliphatic carbocycles. The Kier molecular flexibility index (Phi) is 4.34. The van der Waals surface area contributed by atoms with E-state index in [1.165, 1.54) is 18.2 Å². The van der Waals surface area contributed by atoms with Gasteiger partial charge in [-0.05, 0) is 35.9 Å². The van der Waals surface area contributed by atoms with Crippen molar-refractivity contribution >= 4 is 17.5 Å². The second kappa shape index (κ2) is 6.18. The number of halogens is 2. The average Bonchev–Trinajstić information content (AvgIpc) is 2.48. The largest absolute Gasteiger partial charge is 0.348 e. The van der Waals surface area contributed by atoms with Crippen molar-refractivity contribution < 1.29 is 9.18 Å². The summed E-state index contributed by atoms with van der Waals surface area (Å²) in [6.07, 6.45) is 0. The average molecular weight is 289 g/mol. The predicted molar refractivity (Wildman–Crippen MR) is 73.7 cm³/mol. The van der Waals surface area contributed by atoms with Gasteiger partial charge in [-0.2, -0.15) is 5.26 Å². The minimum absolute atomic E-state index is 0.0169. The lowest BCUT2D eigenvalue weighted by Gasteiger charge is -2.06. The van der Waals surface area contributed by atoms with E-state index in [4.69, 9.17) is 16.9 Å². The summed E-state index contributed by atoms with van der Waals surface area (Å²) in [4.78, 5) is 11.9. The monoisotopic (exact) mass is 288 g/mol. The molecule has 0 radical (unpaired) electrons. The van der Waals surface area contributed by atoms with Gasteiger partial charge >= 0.3 is 0 Å². The van der Waals surface area contributed by atoms with E-state index in [-0.39, 0.29) is 17.5 Å². The SMILES string of the molecule is N#Cc1cccc(C(=O)NCc2ccc(F)c(Cl)c2)c1. The maximum absolute atomic E-state index is 13.0. The Morgan fingerprint density at radius 3 is 2.80 bits per heavy atom. The highest BCUT2D eigenvalue weighted by atomic mass is 35.5. The van der Waals surface area contributed by atoms with Crippen molar-refractivity contribution in [2.75, 3.05) is 0 Å². The van der Waals surface area contributed by atoms with Crippen LogP contribution in [0.5, 0.6) is 0 Å². The summed E-state index contributed by atoms with van der Waals surface area (Å²) in [5.74, 6) is -0.800. The lowest BCUT2D eigenvalue weighted by Crippen LogP contribution is -2.22. The molecule has 100 valence electrons. The lowest BCUT2D eigenvalue weighted by atomic mass is 10.1. The first kappa shape index (κ1) is 14.0. The number of hydrogen-bond acceptors (Lipinski definition) is 2. The zero-order chi connectivity index (χ0) is 14.5. The number of benzene rings is 2. The quantitative estimate of drug-likeness (QED) is 0.942. The molecule has 0 saturated carbocycles. The lowest BCUT2D eigenvalue weighted by molar-refractivity contribution is 0.0951. The highest BCUT2D eigenvalue weighted by molar-refractivity contribution is 6.30. The molecule has 1 amide bonds. The van der Waals surface area contributed by atoms with Crippen LogP contribution in [0, 0.1) is 17.1 Å².